The first kappa shape index (κ1) is 13.0. The number of Topliss-reactive ketones (excluding diaryl/α,β-unsaturated/α-hetero) is 1. The second kappa shape index (κ2) is 5.96. The molecule has 0 amide bonds. The second-order valence-electron chi connectivity index (χ2n) is 4.89. The topological polar surface area (TPSA) is 20.3 Å². The van der Waals surface area contributed by atoms with Crippen molar-refractivity contribution >= 4 is 28.4 Å². The highest BCUT2D eigenvalue weighted by Gasteiger charge is 2.18. The van der Waals surface area contributed by atoms with Crippen LogP contribution in [-0.4, -0.2) is 30.3 Å². The number of hydrogen-bond donors (Lipinski definition) is 0. The molecule has 0 N–H and O–H groups in total. The van der Waals surface area contributed by atoms with Crippen LogP contribution in [0.25, 0.3) is 0 Å². The number of halogens is 1. The molecular formula is C14H18INO. The van der Waals surface area contributed by atoms with Crippen molar-refractivity contribution < 1.29 is 4.79 Å². The normalized spacial score (nSPS) is 18.2. The number of rotatable bonds is 3. The second-order valence-corrected chi connectivity index (χ2v) is 6.13. The van der Waals surface area contributed by atoms with Crippen molar-refractivity contribution in [1.29, 1.82) is 0 Å². The summed E-state index contributed by atoms with van der Waals surface area (Å²) in [4.78, 5) is 14.3. The van der Waals surface area contributed by atoms with Gasteiger partial charge in [-0.3, -0.25) is 9.69 Å². The van der Waals surface area contributed by atoms with E-state index in [1.54, 1.807) is 0 Å². The summed E-state index contributed by atoms with van der Waals surface area (Å²) < 4.78 is 1.17. The standard InChI is InChI=1S/C14H18INO/c1-11-6-8-16(9-7-11)10-14(17)12-2-4-13(15)5-3-12/h2-5,11H,6-10H2,1H3. The molecule has 0 spiro atoms. The summed E-state index contributed by atoms with van der Waals surface area (Å²) in [6, 6.07) is 7.84. The van der Waals surface area contributed by atoms with Gasteiger partial charge in [0.15, 0.2) is 5.78 Å². The zero-order valence-corrected chi connectivity index (χ0v) is 12.3. The molecule has 1 aliphatic rings. The Kier molecular flexibility index (Phi) is 4.56. The maximum Gasteiger partial charge on any atom is 0.176 e. The van der Waals surface area contributed by atoms with Crippen LogP contribution < -0.4 is 0 Å². The third kappa shape index (κ3) is 3.78. The average Bonchev–Trinajstić information content (AvgIpc) is 2.33. The Morgan fingerprint density at radius 3 is 2.47 bits per heavy atom. The fourth-order valence-corrected chi connectivity index (χ4v) is 2.51. The van der Waals surface area contributed by atoms with Gasteiger partial charge in [-0.2, -0.15) is 0 Å². The van der Waals surface area contributed by atoms with Crippen molar-refractivity contribution in [3.8, 4) is 0 Å². The van der Waals surface area contributed by atoms with E-state index in [0.29, 0.717) is 6.54 Å². The van der Waals surface area contributed by atoms with Gasteiger partial charge in [0.2, 0.25) is 0 Å². The van der Waals surface area contributed by atoms with Crippen LogP contribution in [0.5, 0.6) is 0 Å². The minimum atomic E-state index is 0.246. The molecule has 1 fully saturated rings. The third-order valence-corrected chi connectivity index (χ3v) is 4.13. The van der Waals surface area contributed by atoms with Crippen molar-refractivity contribution in [2.75, 3.05) is 19.6 Å². The van der Waals surface area contributed by atoms with E-state index in [2.05, 4.69) is 34.4 Å². The first-order valence-electron chi connectivity index (χ1n) is 6.16. The summed E-state index contributed by atoms with van der Waals surface area (Å²) in [6.07, 6.45) is 2.44. The summed E-state index contributed by atoms with van der Waals surface area (Å²) in [6.45, 7) is 5.00. The van der Waals surface area contributed by atoms with Crippen LogP contribution in [0.4, 0.5) is 0 Å². The van der Waals surface area contributed by atoms with Crippen LogP contribution in [-0.2, 0) is 0 Å². The zero-order valence-electron chi connectivity index (χ0n) is 10.2. The fourth-order valence-electron chi connectivity index (χ4n) is 2.15. The van der Waals surface area contributed by atoms with E-state index in [1.165, 1.54) is 16.4 Å². The van der Waals surface area contributed by atoms with E-state index in [-0.39, 0.29) is 5.78 Å². The van der Waals surface area contributed by atoms with Gasteiger partial charge >= 0.3 is 0 Å². The lowest BCUT2D eigenvalue weighted by Gasteiger charge is -2.29. The van der Waals surface area contributed by atoms with Crippen LogP contribution in [0.2, 0.25) is 0 Å². The lowest BCUT2D eigenvalue weighted by molar-refractivity contribution is 0.0900. The summed E-state index contributed by atoms with van der Waals surface area (Å²) in [7, 11) is 0. The van der Waals surface area contributed by atoms with Crippen molar-refractivity contribution in [3.63, 3.8) is 0 Å². The van der Waals surface area contributed by atoms with Gasteiger partial charge in [-0.1, -0.05) is 19.1 Å². The molecule has 0 bridgehead atoms. The predicted molar refractivity (Wildman–Crippen MR) is 78.3 cm³/mol. The van der Waals surface area contributed by atoms with E-state index in [0.717, 1.165) is 24.6 Å². The Hall–Kier alpha value is -0.420. The maximum atomic E-state index is 12.1. The number of carbonyl (C=O) groups is 1. The first-order chi connectivity index (χ1) is 8.15. The molecule has 1 saturated heterocycles. The smallest absolute Gasteiger partial charge is 0.176 e. The number of piperidine rings is 1. The van der Waals surface area contributed by atoms with Crippen molar-refractivity contribution in [2.24, 2.45) is 5.92 Å². The molecule has 1 aromatic carbocycles. The Labute approximate surface area is 117 Å². The summed E-state index contributed by atoms with van der Waals surface area (Å²) in [5.74, 6) is 1.07. The molecule has 2 rings (SSSR count). The third-order valence-electron chi connectivity index (χ3n) is 3.41. The number of carbonyl (C=O) groups excluding carboxylic acids is 1. The summed E-state index contributed by atoms with van der Waals surface area (Å²) in [5, 5.41) is 0. The molecule has 0 radical (unpaired) electrons. The summed E-state index contributed by atoms with van der Waals surface area (Å²) in [5.41, 5.74) is 0.837. The minimum absolute atomic E-state index is 0.246. The van der Waals surface area contributed by atoms with Crippen molar-refractivity contribution in [2.45, 2.75) is 19.8 Å². The fraction of sp³-hybridized carbons (Fsp3) is 0.500. The highest BCUT2D eigenvalue weighted by molar-refractivity contribution is 14.1. The van der Waals surface area contributed by atoms with Gasteiger partial charge in [-0.05, 0) is 66.6 Å². The van der Waals surface area contributed by atoms with Crippen LogP contribution in [0.3, 0.4) is 0 Å². The zero-order chi connectivity index (χ0) is 12.3. The van der Waals surface area contributed by atoms with E-state index in [9.17, 15) is 4.79 Å². The van der Waals surface area contributed by atoms with E-state index in [1.807, 2.05) is 24.3 Å². The van der Waals surface area contributed by atoms with Gasteiger partial charge in [0.1, 0.15) is 0 Å². The van der Waals surface area contributed by atoms with Gasteiger partial charge in [-0.25, -0.2) is 0 Å². The lowest BCUT2D eigenvalue weighted by atomic mass is 9.99. The first-order valence-corrected chi connectivity index (χ1v) is 7.24. The SMILES string of the molecule is CC1CCN(CC(=O)c2ccc(I)cc2)CC1. The Morgan fingerprint density at radius 2 is 1.88 bits per heavy atom. The molecule has 1 aromatic rings. The van der Waals surface area contributed by atoms with Gasteiger partial charge in [0, 0.05) is 9.13 Å². The summed E-state index contributed by atoms with van der Waals surface area (Å²) >= 11 is 2.26. The van der Waals surface area contributed by atoms with Gasteiger partial charge in [-0.15, -0.1) is 0 Å². The quantitative estimate of drug-likeness (QED) is 0.621. The number of nitrogens with zero attached hydrogens (tertiary/aromatic N) is 1. The maximum absolute atomic E-state index is 12.1. The number of hydrogen-bond acceptors (Lipinski definition) is 2. The highest BCUT2D eigenvalue weighted by atomic mass is 127. The molecule has 0 aromatic heterocycles. The Morgan fingerprint density at radius 1 is 1.29 bits per heavy atom. The molecule has 1 heterocycles. The molecule has 92 valence electrons. The monoisotopic (exact) mass is 343 g/mol. The Balaban J connectivity index is 1.91. The van der Waals surface area contributed by atoms with Crippen molar-refractivity contribution in [3.05, 3.63) is 33.4 Å². The number of benzene rings is 1. The number of ketones is 1. The molecule has 3 heteroatoms. The minimum Gasteiger partial charge on any atom is -0.296 e. The predicted octanol–water partition coefficient (Wildman–Crippen LogP) is 3.21. The molecule has 0 saturated carbocycles. The molecule has 2 nitrogen and oxygen atoms in total. The van der Waals surface area contributed by atoms with E-state index in [4.69, 9.17) is 0 Å². The lowest BCUT2D eigenvalue weighted by Crippen LogP contribution is -2.36. The average molecular weight is 343 g/mol. The largest absolute Gasteiger partial charge is 0.296 e. The molecule has 1 aliphatic heterocycles. The van der Waals surface area contributed by atoms with E-state index < -0.39 is 0 Å². The van der Waals surface area contributed by atoms with E-state index >= 15 is 0 Å². The van der Waals surface area contributed by atoms with Crippen LogP contribution in [0.1, 0.15) is 30.1 Å². The molecule has 17 heavy (non-hydrogen) atoms. The Bertz CT molecular complexity index is 380. The highest BCUT2D eigenvalue weighted by Crippen LogP contribution is 2.16. The molecule has 0 atom stereocenters. The van der Waals surface area contributed by atoms with Crippen LogP contribution >= 0.6 is 22.6 Å². The molecule has 0 aliphatic carbocycles. The van der Waals surface area contributed by atoms with Crippen LogP contribution in [0.15, 0.2) is 24.3 Å². The van der Waals surface area contributed by atoms with Gasteiger partial charge < -0.3 is 0 Å². The molecule has 0 unspecified atom stereocenters. The van der Waals surface area contributed by atoms with Crippen molar-refractivity contribution in [1.82, 2.24) is 4.90 Å². The number of likely N-dealkylation sites (tertiary alicyclic amines) is 1. The van der Waals surface area contributed by atoms with Crippen LogP contribution in [0, 0.1) is 9.49 Å². The van der Waals surface area contributed by atoms with Gasteiger partial charge in [0.25, 0.3) is 0 Å². The van der Waals surface area contributed by atoms with Gasteiger partial charge in [0.05, 0.1) is 6.54 Å². The molecular weight excluding hydrogens is 325 g/mol.